The molecule has 1 heterocycles. The minimum atomic E-state index is -4.17. The Bertz CT molecular complexity index is 412. The van der Waals surface area contributed by atoms with Crippen LogP contribution in [0, 0.1) is 11.7 Å². The van der Waals surface area contributed by atoms with Crippen molar-refractivity contribution in [2.45, 2.75) is 19.1 Å². The lowest BCUT2D eigenvalue weighted by Crippen LogP contribution is -2.27. The maximum atomic E-state index is 13.0. The summed E-state index contributed by atoms with van der Waals surface area (Å²) in [7, 11) is 0. The number of nitrogens with zero attached hydrogens (tertiary/aromatic N) is 1. The Balaban J connectivity index is 1.99. The van der Waals surface area contributed by atoms with Gasteiger partial charge in [-0.3, -0.25) is 4.90 Å². The molecule has 100 valence electrons. The number of rotatable bonds is 2. The third-order valence-corrected chi connectivity index (χ3v) is 3.08. The van der Waals surface area contributed by atoms with E-state index in [2.05, 4.69) is 0 Å². The van der Waals surface area contributed by atoms with Crippen molar-refractivity contribution in [1.29, 1.82) is 0 Å². The van der Waals surface area contributed by atoms with E-state index in [1.165, 1.54) is 12.1 Å². The summed E-state index contributed by atoms with van der Waals surface area (Å²) in [5.74, 6) is -2.10. The van der Waals surface area contributed by atoms with E-state index in [0.29, 0.717) is 12.1 Å². The monoisotopic (exact) mass is 263 g/mol. The normalized spacial score (nSPS) is 21.4. The average Bonchev–Trinajstić information content (AvgIpc) is 2.63. The first kappa shape index (κ1) is 13.1. The molecule has 0 bridgehead atoms. The Hall–Kier alpha value is -1.30. The number of hydrogen-bond donors (Lipinski definition) is 1. The van der Waals surface area contributed by atoms with Gasteiger partial charge >= 0.3 is 6.18 Å². The van der Waals surface area contributed by atoms with Gasteiger partial charge in [0.2, 0.25) is 0 Å². The van der Waals surface area contributed by atoms with E-state index < -0.39 is 17.9 Å². The minimum absolute atomic E-state index is 0.0687. The van der Waals surface area contributed by atoms with Gasteiger partial charge < -0.3 is 5.11 Å². The maximum Gasteiger partial charge on any atom is 0.393 e. The SMILES string of the molecule is Oc1cc(F)cc(CN2CCC(C(F)(F)F)C2)c1. The summed E-state index contributed by atoms with van der Waals surface area (Å²) < 4.78 is 50.4. The fraction of sp³-hybridized carbons (Fsp3) is 0.500. The minimum Gasteiger partial charge on any atom is -0.508 e. The van der Waals surface area contributed by atoms with Crippen molar-refractivity contribution in [2.24, 2.45) is 5.92 Å². The van der Waals surface area contributed by atoms with Crippen LogP contribution in [0.4, 0.5) is 17.6 Å². The number of likely N-dealkylation sites (tertiary alicyclic amines) is 1. The van der Waals surface area contributed by atoms with Crippen molar-refractivity contribution in [2.75, 3.05) is 13.1 Å². The fourth-order valence-electron chi connectivity index (χ4n) is 2.23. The van der Waals surface area contributed by atoms with E-state index in [4.69, 9.17) is 0 Å². The lowest BCUT2D eigenvalue weighted by Gasteiger charge is -2.17. The average molecular weight is 263 g/mol. The summed E-state index contributed by atoms with van der Waals surface area (Å²) in [6, 6.07) is 3.55. The standard InChI is InChI=1S/C12H13F4NO/c13-10-3-8(4-11(18)5-10)6-17-2-1-9(7-17)12(14,15)16/h3-5,9,18H,1-2,6-7H2. The summed E-state index contributed by atoms with van der Waals surface area (Å²) in [6.07, 6.45) is -4.09. The van der Waals surface area contributed by atoms with Gasteiger partial charge in [0.1, 0.15) is 11.6 Å². The van der Waals surface area contributed by atoms with Gasteiger partial charge in [-0.1, -0.05) is 0 Å². The van der Waals surface area contributed by atoms with Crippen LogP contribution in [0.5, 0.6) is 5.75 Å². The first-order valence-corrected chi connectivity index (χ1v) is 5.62. The van der Waals surface area contributed by atoms with Gasteiger partial charge in [0.15, 0.2) is 0 Å². The highest BCUT2D eigenvalue weighted by atomic mass is 19.4. The van der Waals surface area contributed by atoms with Crippen LogP contribution in [0.25, 0.3) is 0 Å². The molecule has 0 radical (unpaired) electrons. The molecular formula is C12H13F4NO. The predicted octanol–water partition coefficient (Wildman–Crippen LogP) is 2.92. The van der Waals surface area contributed by atoms with Crippen molar-refractivity contribution in [3.63, 3.8) is 0 Å². The number of halogens is 4. The van der Waals surface area contributed by atoms with Crippen LogP contribution >= 0.6 is 0 Å². The van der Waals surface area contributed by atoms with Crippen molar-refractivity contribution in [1.82, 2.24) is 4.90 Å². The zero-order valence-electron chi connectivity index (χ0n) is 9.54. The number of hydrogen-bond acceptors (Lipinski definition) is 2. The second-order valence-electron chi connectivity index (χ2n) is 4.58. The molecule has 18 heavy (non-hydrogen) atoms. The molecule has 1 aromatic carbocycles. The Kier molecular flexibility index (Phi) is 3.47. The van der Waals surface area contributed by atoms with Crippen LogP contribution < -0.4 is 0 Å². The van der Waals surface area contributed by atoms with Crippen molar-refractivity contribution < 1.29 is 22.7 Å². The van der Waals surface area contributed by atoms with E-state index >= 15 is 0 Å². The number of phenolic OH excluding ortho intramolecular Hbond substituents is 1. The molecule has 1 atom stereocenters. The molecule has 1 fully saturated rings. The van der Waals surface area contributed by atoms with E-state index in [1.807, 2.05) is 0 Å². The van der Waals surface area contributed by atoms with Gasteiger partial charge in [-0.25, -0.2) is 4.39 Å². The van der Waals surface area contributed by atoms with Crippen LogP contribution in [-0.2, 0) is 6.54 Å². The third kappa shape index (κ3) is 3.13. The molecule has 6 heteroatoms. The first-order valence-electron chi connectivity index (χ1n) is 5.62. The molecule has 1 aliphatic heterocycles. The van der Waals surface area contributed by atoms with E-state index in [-0.39, 0.29) is 25.3 Å². The topological polar surface area (TPSA) is 23.5 Å². The van der Waals surface area contributed by atoms with E-state index in [9.17, 15) is 22.7 Å². The highest BCUT2D eigenvalue weighted by Gasteiger charge is 2.43. The molecule has 1 saturated heterocycles. The lowest BCUT2D eigenvalue weighted by atomic mass is 10.1. The van der Waals surface area contributed by atoms with Crippen LogP contribution in [0.15, 0.2) is 18.2 Å². The van der Waals surface area contributed by atoms with E-state index in [0.717, 1.165) is 6.07 Å². The second-order valence-corrected chi connectivity index (χ2v) is 4.58. The number of alkyl halides is 3. The summed E-state index contributed by atoms with van der Waals surface area (Å²) >= 11 is 0. The largest absolute Gasteiger partial charge is 0.508 e. The van der Waals surface area contributed by atoms with Crippen LogP contribution in [0.2, 0.25) is 0 Å². The molecule has 1 aromatic rings. The van der Waals surface area contributed by atoms with Gasteiger partial charge in [-0.15, -0.1) is 0 Å². The number of aromatic hydroxyl groups is 1. The van der Waals surface area contributed by atoms with E-state index in [1.54, 1.807) is 4.90 Å². The summed E-state index contributed by atoms with van der Waals surface area (Å²) in [5, 5.41) is 9.21. The molecule has 0 spiro atoms. The molecule has 0 aromatic heterocycles. The van der Waals surface area contributed by atoms with Gasteiger partial charge in [0.25, 0.3) is 0 Å². The summed E-state index contributed by atoms with van der Waals surface area (Å²) in [6.45, 7) is 0.486. The highest BCUT2D eigenvalue weighted by molar-refractivity contribution is 5.28. The second kappa shape index (κ2) is 4.76. The molecule has 0 aliphatic carbocycles. The quantitative estimate of drug-likeness (QED) is 0.829. The Morgan fingerprint density at radius 2 is 2.00 bits per heavy atom. The van der Waals surface area contributed by atoms with Crippen LogP contribution in [0.3, 0.4) is 0 Å². The molecular weight excluding hydrogens is 250 g/mol. The Morgan fingerprint density at radius 1 is 1.28 bits per heavy atom. The van der Waals surface area contributed by atoms with Crippen molar-refractivity contribution >= 4 is 0 Å². The third-order valence-electron chi connectivity index (χ3n) is 3.08. The zero-order chi connectivity index (χ0) is 13.3. The smallest absolute Gasteiger partial charge is 0.393 e. The lowest BCUT2D eigenvalue weighted by molar-refractivity contribution is -0.170. The van der Waals surface area contributed by atoms with Gasteiger partial charge in [0, 0.05) is 19.2 Å². The van der Waals surface area contributed by atoms with Gasteiger partial charge in [-0.2, -0.15) is 13.2 Å². The first-order chi connectivity index (χ1) is 8.34. The van der Waals surface area contributed by atoms with Gasteiger partial charge in [-0.05, 0) is 30.7 Å². The van der Waals surface area contributed by atoms with Crippen LogP contribution in [-0.4, -0.2) is 29.3 Å². The summed E-state index contributed by atoms with van der Waals surface area (Å²) in [5.41, 5.74) is 0.482. The fourth-order valence-corrected chi connectivity index (χ4v) is 2.23. The van der Waals surface area contributed by atoms with Crippen molar-refractivity contribution in [3.8, 4) is 5.75 Å². The predicted molar refractivity (Wildman–Crippen MR) is 57.5 cm³/mol. The zero-order valence-corrected chi connectivity index (χ0v) is 9.54. The highest BCUT2D eigenvalue weighted by Crippen LogP contribution is 2.34. The number of phenols is 1. The molecule has 2 nitrogen and oxygen atoms in total. The molecule has 1 aliphatic rings. The summed E-state index contributed by atoms with van der Waals surface area (Å²) in [4.78, 5) is 1.62. The Labute approximate surface area is 102 Å². The maximum absolute atomic E-state index is 13.0. The Morgan fingerprint density at radius 3 is 2.56 bits per heavy atom. The molecule has 0 amide bonds. The molecule has 2 rings (SSSR count). The van der Waals surface area contributed by atoms with Gasteiger partial charge in [0.05, 0.1) is 5.92 Å². The molecule has 0 saturated carbocycles. The molecule has 1 unspecified atom stereocenters. The molecule has 1 N–H and O–H groups in total. The van der Waals surface area contributed by atoms with Crippen molar-refractivity contribution in [3.05, 3.63) is 29.6 Å². The van der Waals surface area contributed by atoms with Crippen LogP contribution in [0.1, 0.15) is 12.0 Å². The number of benzene rings is 1.